The fourth-order valence-electron chi connectivity index (χ4n) is 4.02. The summed E-state index contributed by atoms with van der Waals surface area (Å²) in [7, 11) is 1.98. The lowest BCUT2D eigenvalue weighted by Crippen LogP contribution is -2.38. The van der Waals surface area contributed by atoms with Crippen LogP contribution in [-0.2, 0) is 13.0 Å². The lowest BCUT2D eigenvalue weighted by molar-refractivity contribution is 0.459. The smallest absolute Gasteiger partial charge is 0.193 e. The molecule has 2 aromatic rings. The van der Waals surface area contributed by atoms with E-state index in [4.69, 9.17) is 4.99 Å². The van der Waals surface area contributed by atoms with Crippen molar-refractivity contribution in [1.29, 1.82) is 0 Å². The highest BCUT2D eigenvalue weighted by Gasteiger charge is 2.23. The minimum atomic E-state index is -0.209. The number of guanidine groups is 1. The van der Waals surface area contributed by atoms with E-state index >= 15 is 0 Å². The second-order valence-electron chi connectivity index (χ2n) is 7.74. The summed E-state index contributed by atoms with van der Waals surface area (Å²) in [6.45, 7) is 4.16. The molecular weight excluding hydrogens is 399 g/mol. The van der Waals surface area contributed by atoms with Crippen LogP contribution in [0, 0.1) is 5.82 Å². The summed E-state index contributed by atoms with van der Waals surface area (Å²) >= 11 is 1.68. The Kier molecular flexibility index (Phi) is 8.54. The van der Waals surface area contributed by atoms with E-state index in [0.29, 0.717) is 19.1 Å². The van der Waals surface area contributed by atoms with E-state index in [1.807, 2.05) is 18.0 Å². The molecule has 30 heavy (non-hydrogen) atoms. The average Bonchev–Trinajstić information content (AvgIpc) is 3.39. The first kappa shape index (κ1) is 22.6. The lowest BCUT2D eigenvalue weighted by atomic mass is 10.2. The van der Waals surface area contributed by atoms with E-state index in [2.05, 4.69) is 33.3 Å². The van der Waals surface area contributed by atoms with Crippen molar-refractivity contribution >= 4 is 17.7 Å². The lowest BCUT2D eigenvalue weighted by Gasteiger charge is -2.22. The summed E-state index contributed by atoms with van der Waals surface area (Å²) < 4.78 is 15.8. The van der Waals surface area contributed by atoms with E-state index in [-0.39, 0.29) is 5.82 Å². The zero-order valence-corrected chi connectivity index (χ0v) is 19.1. The molecule has 1 aromatic carbocycles. The third-order valence-corrected chi connectivity index (χ3v) is 6.08. The van der Waals surface area contributed by atoms with Crippen molar-refractivity contribution in [3.8, 4) is 0 Å². The summed E-state index contributed by atoms with van der Waals surface area (Å²) in [6.07, 6.45) is 8.91. The summed E-state index contributed by atoms with van der Waals surface area (Å²) in [4.78, 5) is 6.81. The van der Waals surface area contributed by atoms with Gasteiger partial charge in [0.1, 0.15) is 11.6 Å². The van der Waals surface area contributed by atoms with Gasteiger partial charge in [-0.3, -0.25) is 4.99 Å². The molecule has 0 saturated heterocycles. The second-order valence-corrected chi connectivity index (χ2v) is 8.51. The van der Waals surface area contributed by atoms with Gasteiger partial charge in [-0.15, -0.1) is 10.2 Å². The number of hydrogen-bond acceptors (Lipinski definition) is 4. The van der Waals surface area contributed by atoms with Crippen LogP contribution < -0.4 is 5.32 Å². The van der Waals surface area contributed by atoms with Gasteiger partial charge in [-0.1, -0.05) is 36.7 Å². The molecule has 0 unspecified atom stereocenters. The topological polar surface area (TPSA) is 58.3 Å². The Labute approximate surface area is 183 Å². The van der Waals surface area contributed by atoms with Crippen LogP contribution in [0.5, 0.6) is 0 Å². The number of nitrogens with one attached hydrogen (secondary N) is 1. The fraction of sp³-hybridized carbons (Fsp3) is 0.591. The Balaban J connectivity index is 1.59. The molecule has 0 atom stereocenters. The van der Waals surface area contributed by atoms with Gasteiger partial charge >= 0.3 is 0 Å². The highest BCUT2D eigenvalue weighted by atomic mass is 32.2. The molecule has 1 aliphatic rings. The molecule has 3 rings (SSSR count). The number of aromatic nitrogens is 3. The highest BCUT2D eigenvalue weighted by molar-refractivity contribution is 7.98. The fourth-order valence-corrected chi connectivity index (χ4v) is 4.60. The van der Waals surface area contributed by atoms with E-state index in [1.54, 1.807) is 23.9 Å². The number of benzene rings is 1. The molecule has 1 aromatic heterocycles. The van der Waals surface area contributed by atoms with Crippen molar-refractivity contribution in [3.05, 3.63) is 41.5 Å². The summed E-state index contributed by atoms with van der Waals surface area (Å²) in [5, 5.41) is 13.2. The summed E-state index contributed by atoms with van der Waals surface area (Å²) in [5.41, 5.74) is 0.928. The van der Waals surface area contributed by atoms with Crippen LogP contribution in [-0.4, -0.2) is 52.0 Å². The molecule has 1 N–H and O–H groups in total. The number of rotatable bonds is 9. The maximum absolute atomic E-state index is 13.5. The van der Waals surface area contributed by atoms with E-state index in [1.165, 1.54) is 31.7 Å². The van der Waals surface area contributed by atoms with Crippen molar-refractivity contribution in [2.45, 2.75) is 63.2 Å². The van der Waals surface area contributed by atoms with Crippen molar-refractivity contribution < 1.29 is 4.39 Å². The normalized spacial score (nSPS) is 15.0. The van der Waals surface area contributed by atoms with Gasteiger partial charge in [0.05, 0.1) is 0 Å². The van der Waals surface area contributed by atoms with Crippen molar-refractivity contribution in [2.24, 2.45) is 4.99 Å². The highest BCUT2D eigenvalue weighted by Crippen LogP contribution is 2.33. The summed E-state index contributed by atoms with van der Waals surface area (Å²) in [5.74, 6) is 1.71. The van der Waals surface area contributed by atoms with Gasteiger partial charge in [0.2, 0.25) is 0 Å². The van der Waals surface area contributed by atoms with Gasteiger partial charge in [-0.25, -0.2) is 4.39 Å². The Bertz CT molecular complexity index is 831. The van der Waals surface area contributed by atoms with E-state index in [0.717, 1.165) is 41.9 Å². The third kappa shape index (κ3) is 5.97. The number of thioether (sulfide) groups is 1. The van der Waals surface area contributed by atoms with Gasteiger partial charge in [0, 0.05) is 39.1 Å². The van der Waals surface area contributed by atoms with Gasteiger partial charge < -0.3 is 14.8 Å². The van der Waals surface area contributed by atoms with Gasteiger partial charge in [0.25, 0.3) is 0 Å². The number of nitrogens with zero attached hydrogens (tertiary/aromatic N) is 5. The van der Waals surface area contributed by atoms with Crippen LogP contribution in [0.2, 0.25) is 0 Å². The first-order valence-electron chi connectivity index (χ1n) is 10.8. The predicted octanol–water partition coefficient (Wildman–Crippen LogP) is 4.28. The van der Waals surface area contributed by atoms with Gasteiger partial charge in [-0.05, 0) is 50.1 Å². The molecule has 0 spiro atoms. The van der Waals surface area contributed by atoms with Crippen LogP contribution in [0.1, 0.15) is 56.5 Å². The maximum atomic E-state index is 13.5. The van der Waals surface area contributed by atoms with E-state index < -0.39 is 0 Å². The molecule has 1 fully saturated rings. The summed E-state index contributed by atoms with van der Waals surface area (Å²) in [6, 6.07) is 7.26. The van der Waals surface area contributed by atoms with E-state index in [9.17, 15) is 4.39 Å². The van der Waals surface area contributed by atoms with Gasteiger partial charge in [0.15, 0.2) is 11.1 Å². The van der Waals surface area contributed by atoms with Gasteiger partial charge in [-0.2, -0.15) is 0 Å². The SMILES string of the molecule is CCNC(=NCCCc1nnc(SC)n1C1CCCC1)N(C)Cc1cccc(F)c1. The number of aryl methyl sites for hydroxylation is 1. The first-order chi connectivity index (χ1) is 14.6. The molecule has 1 aliphatic carbocycles. The zero-order valence-electron chi connectivity index (χ0n) is 18.3. The predicted molar refractivity (Wildman–Crippen MR) is 121 cm³/mol. The molecule has 164 valence electrons. The Morgan fingerprint density at radius 3 is 2.83 bits per heavy atom. The molecular formula is C22H33FN6S. The molecule has 0 radical (unpaired) electrons. The van der Waals surface area contributed by atoms with Crippen LogP contribution >= 0.6 is 11.8 Å². The standard InChI is InChI=1S/C22H33FN6S/c1-4-24-21(28(2)16-17-9-7-10-18(23)15-17)25-14-8-13-20-26-27-22(30-3)29(20)19-11-5-6-12-19/h7,9-10,15,19H,4-6,8,11-14,16H2,1-3H3,(H,24,25). The first-order valence-corrected chi connectivity index (χ1v) is 12.1. The largest absolute Gasteiger partial charge is 0.357 e. The molecule has 1 heterocycles. The molecule has 6 nitrogen and oxygen atoms in total. The maximum Gasteiger partial charge on any atom is 0.193 e. The minimum Gasteiger partial charge on any atom is -0.357 e. The monoisotopic (exact) mass is 432 g/mol. The number of hydrogen-bond donors (Lipinski definition) is 1. The number of aliphatic imine (C=N–C) groups is 1. The van der Waals surface area contributed by atoms with Crippen LogP contribution in [0.15, 0.2) is 34.4 Å². The Hall–Kier alpha value is -2.09. The molecule has 0 aliphatic heterocycles. The quantitative estimate of drug-likeness (QED) is 0.277. The van der Waals surface area contributed by atoms with Crippen molar-refractivity contribution in [3.63, 3.8) is 0 Å². The average molecular weight is 433 g/mol. The third-order valence-electron chi connectivity index (χ3n) is 5.43. The van der Waals surface area contributed by atoms with Crippen molar-refractivity contribution in [1.82, 2.24) is 25.0 Å². The molecule has 1 saturated carbocycles. The Morgan fingerprint density at radius 1 is 1.33 bits per heavy atom. The molecule has 0 bridgehead atoms. The molecule has 0 amide bonds. The van der Waals surface area contributed by atoms with Crippen LogP contribution in [0.25, 0.3) is 0 Å². The van der Waals surface area contributed by atoms with Crippen LogP contribution in [0.4, 0.5) is 4.39 Å². The number of halogens is 1. The molecule has 8 heteroatoms. The second kappa shape index (κ2) is 11.3. The van der Waals surface area contributed by atoms with Crippen molar-refractivity contribution in [2.75, 3.05) is 26.4 Å². The zero-order chi connectivity index (χ0) is 21.3. The Morgan fingerprint density at radius 2 is 2.13 bits per heavy atom. The van der Waals surface area contributed by atoms with Crippen LogP contribution in [0.3, 0.4) is 0 Å². The minimum absolute atomic E-state index is 0.209.